The van der Waals surface area contributed by atoms with Gasteiger partial charge in [-0.2, -0.15) is 0 Å². The van der Waals surface area contributed by atoms with Gasteiger partial charge in [-0.3, -0.25) is 9.79 Å². The normalized spacial score (nSPS) is 9.83. The Labute approximate surface area is 47.5 Å². The molecule has 0 aliphatic rings. The van der Waals surface area contributed by atoms with E-state index in [-0.39, 0.29) is 20.3 Å². The summed E-state index contributed by atoms with van der Waals surface area (Å²) in [7, 11) is -5.14. The summed E-state index contributed by atoms with van der Waals surface area (Å²) in [4.78, 5) is 13.9. The van der Waals surface area contributed by atoms with Crippen molar-refractivity contribution in [1.82, 2.24) is 0 Å². The predicted molar refractivity (Wildman–Crippen MR) is 14.3 cm³/mol. The first-order chi connectivity index (χ1) is 2.00. The molecule has 0 aliphatic heterocycles. The average molecular weight is 108 g/mol. The third-order valence-electron chi connectivity index (χ3n) is 0. The molecule has 0 heterocycles. The van der Waals surface area contributed by atoms with E-state index in [9.17, 15) is 4.20 Å². The first kappa shape index (κ1) is 9.84. The Balaban J connectivity index is -0.0000000800. The van der Waals surface area contributed by atoms with Gasteiger partial charge >= 0.3 is 26.8 Å². The Bertz CT molecular complexity index is 61.1. The molecule has 2 N–H and O–H groups in total. The SMILES string of the molecule is O=P(O)(O)F.[H-].[Li+]. The minimum atomic E-state index is -5.14. The van der Waals surface area contributed by atoms with Gasteiger partial charge in [-0.25, -0.2) is 4.57 Å². The second kappa shape index (κ2) is 2.79. The van der Waals surface area contributed by atoms with Crippen LogP contribution in [0.5, 0.6) is 0 Å². The van der Waals surface area contributed by atoms with Crippen LogP contribution in [0, 0.1) is 0 Å². The van der Waals surface area contributed by atoms with Crippen molar-refractivity contribution < 1.29 is 38.8 Å². The van der Waals surface area contributed by atoms with E-state index in [2.05, 4.69) is 0 Å². The van der Waals surface area contributed by atoms with Crippen LogP contribution in [0.1, 0.15) is 1.43 Å². The molecule has 0 bridgehead atoms. The zero-order chi connectivity index (χ0) is 4.50. The first-order valence-corrected chi connectivity index (χ1v) is 2.25. The van der Waals surface area contributed by atoms with Crippen molar-refractivity contribution in [2.45, 2.75) is 0 Å². The van der Waals surface area contributed by atoms with E-state index in [1.54, 1.807) is 0 Å². The van der Waals surface area contributed by atoms with Gasteiger partial charge in [0.25, 0.3) is 0 Å². The third-order valence-corrected chi connectivity index (χ3v) is 0. The van der Waals surface area contributed by atoms with E-state index in [0.717, 1.165) is 0 Å². The molecular weight excluding hydrogens is 105 g/mol. The quantitative estimate of drug-likeness (QED) is 0.259. The van der Waals surface area contributed by atoms with E-state index in [0.29, 0.717) is 0 Å². The minimum Gasteiger partial charge on any atom is -1.00 e. The van der Waals surface area contributed by atoms with Crippen LogP contribution in [0.15, 0.2) is 0 Å². The topological polar surface area (TPSA) is 57.5 Å². The molecule has 0 fully saturated rings. The third kappa shape index (κ3) is 138. The maximum Gasteiger partial charge on any atom is 1.00 e. The fourth-order valence-electron chi connectivity index (χ4n) is 0. The average Bonchev–Trinajstić information content (AvgIpc) is 0.722. The molecule has 0 aromatic carbocycles. The van der Waals surface area contributed by atoms with Crippen LogP contribution in [-0.4, -0.2) is 9.79 Å². The molecule has 6 heteroatoms. The van der Waals surface area contributed by atoms with Gasteiger partial charge in [0, 0.05) is 0 Å². The Morgan fingerprint density at radius 3 is 1.67 bits per heavy atom. The van der Waals surface area contributed by atoms with E-state index in [1.165, 1.54) is 0 Å². The van der Waals surface area contributed by atoms with Crippen LogP contribution in [0.4, 0.5) is 4.20 Å². The van der Waals surface area contributed by atoms with E-state index < -0.39 is 7.91 Å². The number of halogens is 1. The summed E-state index contributed by atoms with van der Waals surface area (Å²) in [6.45, 7) is 0. The molecule has 0 unspecified atom stereocenters. The maximum absolute atomic E-state index is 10.4. The zero-order valence-electron chi connectivity index (χ0n) is 4.13. The Morgan fingerprint density at radius 1 is 1.67 bits per heavy atom. The second-order valence-corrected chi connectivity index (χ2v) is 1.42. The van der Waals surface area contributed by atoms with E-state index in [1.807, 2.05) is 0 Å². The van der Waals surface area contributed by atoms with Gasteiger partial charge in [0.15, 0.2) is 0 Å². The first-order valence-electron chi connectivity index (χ1n) is 0.752. The van der Waals surface area contributed by atoms with Gasteiger partial charge in [0.2, 0.25) is 0 Å². The minimum absolute atomic E-state index is 0. The summed E-state index contributed by atoms with van der Waals surface area (Å²) in [6, 6.07) is 0. The molecule has 6 heavy (non-hydrogen) atoms. The van der Waals surface area contributed by atoms with Gasteiger partial charge in [-0.1, -0.05) is 0 Å². The molecule has 0 radical (unpaired) electrons. The zero-order valence-corrected chi connectivity index (χ0v) is 4.02. The molecule has 0 saturated heterocycles. The molecule has 0 spiro atoms. The summed E-state index contributed by atoms with van der Waals surface area (Å²) in [5.74, 6) is 0. The monoisotopic (exact) mass is 108 g/mol. The standard InChI is InChI=1S/FH2O3P.Li.H/c1-5(2,3)4;;/h(H2,2,3,4);;/q;+1;-1. The smallest absolute Gasteiger partial charge is 1.00 e. The summed E-state index contributed by atoms with van der Waals surface area (Å²) in [6.07, 6.45) is 0. The fourth-order valence-corrected chi connectivity index (χ4v) is 0. The predicted octanol–water partition coefficient (Wildman–Crippen LogP) is -2.83. The summed E-state index contributed by atoms with van der Waals surface area (Å²) < 4.78 is 19.0. The number of hydrogen-bond donors (Lipinski definition) is 2. The molecule has 0 atom stereocenters. The Morgan fingerprint density at radius 2 is 1.67 bits per heavy atom. The molecule has 34 valence electrons. The van der Waals surface area contributed by atoms with Crippen LogP contribution in [-0.2, 0) is 4.57 Å². The Kier molecular flexibility index (Phi) is 4.57. The van der Waals surface area contributed by atoms with Crippen molar-refractivity contribution in [3.63, 3.8) is 0 Å². The van der Waals surface area contributed by atoms with Crippen LogP contribution in [0.25, 0.3) is 0 Å². The summed E-state index contributed by atoms with van der Waals surface area (Å²) in [5, 5.41) is 0. The van der Waals surface area contributed by atoms with Crippen LogP contribution < -0.4 is 18.9 Å². The maximum atomic E-state index is 10.4. The van der Waals surface area contributed by atoms with Gasteiger partial charge in [-0.15, -0.1) is 4.20 Å². The van der Waals surface area contributed by atoms with Crippen LogP contribution in [0.2, 0.25) is 0 Å². The number of hydrogen-bond acceptors (Lipinski definition) is 1. The van der Waals surface area contributed by atoms with Crippen molar-refractivity contribution in [3.8, 4) is 0 Å². The molecule has 0 aromatic rings. The largest absolute Gasteiger partial charge is 1.00 e. The Hall–Kier alpha value is 0.677. The van der Waals surface area contributed by atoms with E-state index in [4.69, 9.17) is 14.4 Å². The molecule has 0 saturated carbocycles. The van der Waals surface area contributed by atoms with Crippen molar-refractivity contribution in [2.24, 2.45) is 0 Å². The number of rotatable bonds is 0. The molecule has 3 nitrogen and oxygen atoms in total. The van der Waals surface area contributed by atoms with Crippen LogP contribution >= 0.6 is 7.91 Å². The van der Waals surface area contributed by atoms with Crippen molar-refractivity contribution in [2.75, 3.05) is 0 Å². The fraction of sp³-hybridized carbons (Fsp3) is 0. The van der Waals surface area contributed by atoms with Gasteiger partial charge in [0.1, 0.15) is 0 Å². The van der Waals surface area contributed by atoms with Crippen molar-refractivity contribution >= 4 is 7.91 Å². The molecule has 0 rings (SSSR count). The van der Waals surface area contributed by atoms with Gasteiger partial charge in [-0.05, 0) is 0 Å². The molecule has 0 amide bonds. The molecule has 0 aliphatic carbocycles. The molecular formula is H3FLiO3P. The van der Waals surface area contributed by atoms with Crippen molar-refractivity contribution in [1.29, 1.82) is 0 Å². The molecule has 0 aromatic heterocycles. The second-order valence-electron chi connectivity index (χ2n) is 0.473. The van der Waals surface area contributed by atoms with E-state index >= 15 is 0 Å². The van der Waals surface area contributed by atoms with Gasteiger partial charge < -0.3 is 1.43 Å². The van der Waals surface area contributed by atoms with Crippen molar-refractivity contribution in [3.05, 3.63) is 0 Å². The van der Waals surface area contributed by atoms with Crippen LogP contribution in [0.3, 0.4) is 0 Å². The van der Waals surface area contributed by atoms with Gasteiger partial charge in [0.05, 0.1) is 0 Å². The summed E-state index contributed by atoms with van der Waals surface area (Å²) >= 11 is 0. The summed E-state index contributed by atoms with van der Waals surface area (Å²) in [5.41, 5.74) is 0.